The Labute approximate surface area is 167 Å². The second-order valence-electron chi connectivity index (χ2n) is 7.49. The smallest absolute Gasteiger partial charge is 0.256 e. The zero-order valence-electron chi connectivity index (χ0n) is 16.9. The molecule has 1 saturated heterocycles. The summed E-state index contributed by atoms with van der Waals surface area (Å²) < 4.78 is 0. The number of hydrogen-bond donors (Lipinski definition) is 1. The summed E-state index contributed by atoms with van der Waals surface area (Å²) in [5, 5.41) is 3.02. The number of nitrogens with one attached hydrogen (secondary N) is 1. The summed E-state index contributed by atoms with van der Waals surface area (Å²) in [5.41, 5.74) is 3.16. The van der Waals surface area contributed by atoms with E-state index in [9.17, 15) is 9.59 Å². The van der Waals surface area contributed by atoms with Gasteiger partial charge in [-0.25, -0.2) is 0 Å². The van der Waals surface area contributed by atoms with Crippen molar-refractivity contribution in [2.24, 2.45) is 0 Å². The molecule has 1 aliphatic rings. The predicted octanol–water partition coefficient (Wildman–Crippen LogP) is 4.12. The molecule has 3 rings (SSSR count). The number of amides is 2. The van der Waals surface area contributed by atoms with Gasteiger partial charge in [-0.1, -0.05) is 37.3 Å². The zero-order valence-corrected chi connectivity index (χ0v) is 16.9. The lowest BCUT2D eigenvalue weighted by Crippen LogP contribution is -2.29. The van der Waals surface area contributed by atoms with Gasteiger partial charge in [0.15, 0.2) is 0 Å². The van der Waals surface area contributed by atoms with Crippen molar-refractivity contribution in [2.45, 2.75) is 32.1 Å². The first kappa shape index (κ1) is 19.9. The van der Waals surface area contributed by atoms with E-state index < -0.39 is 0 Å². The first-order valence-corrected chi connectivity index (χ1v) is 9.97. The molecule has 2 aromatic rings. The lowest BCUT2D eigenvalue weighted by atomic mass is 9.95. The quantitative estimate of drug-likeness (QED) is 0.821. The van der Waals surface area contributed by atoms with Crippen molar-refractivity contribution in [3.05, 3.63) is 59.7 Å². The van der Waals surface area contributed by atoms with Crippen molar-refractivity contribution in [2.75, 3.05) is 37.4 Å². The predicted molar refractivity (Wildman–Crippen MR) is 114 cm³/mol. The second-order valence-corrected chi connectivity index (χ2v) is 7.49. The lowest BCUT2D eigenvalue weighted by molar-refractivity contribution is -0.117. The van der Waals surface area contributed by atoms with E-state index in [4.69, 9.17) is 0 Å². The number of carbonyl (C=O) groups excluding carboxylic acids is 2. The van der Waals surface area contributed by atoms with Crippen LogP contribution in [0.1, 0.15) is 48.0 Å². The maximum atomic E-state index is 13.0. The molecule has 0 bridgehead atoms. The second kappa shape index (κ2) is 8.91. The lowest BCUT2D eigenvalue weighted by Gasteiger charge is -2.22. The minimum absolute atomic E-state index is 0.0346. The number of likely N-dealkylation sites (tertiary alicyclic amines) is 1. The van der Waals surface area contributed by atoms with Crippen LogP contribution in [-0.4, -0.2) is 43.9 Å². The highest BCUT2D eigenvalue weighted by Gasteiger charge is 2.24. The van der Waals surface area contributed by atoms with Gasteiger partial charge >= 0.3 is 0 Å². The fourth-order valence-electron chi connectivity index (χ4n) is 3.75. The number of carbonyl (C=O) groups is 2. The van der Waals surface area contributed by atoms with Gasteiger partial charge in [0.05, 0.1) is 11.5 Å². The van der Waals surface area contributed by atoms with E-state index in [0.29, 0.717) is 17.7 Å². The Bertz CT molecular complexity index is 827. The average molecular weight is 380 g/mol. The molecule has 1 atom stereocenters. The minimum Gasteiger partial charge on any atom is -0.377 e. The molecule has 2 amide bonds. The minimum atomic E-state index is -0.215. The summed E-state index contributed by atoms with van der Waals surface area (Å²) in [6.45, 7) is 3.61. The average Bonchev–Trinajstić information content (AvgIpc) is 3.23. The monoisotopic (exact) mass is 379 g/mol. The van der Waals surface area contributed by atoms with Crippen molar-refractivity contribution in [1.82, 2.24) is 4.90 Å². The van der Waals surface area contributed by atoms with Gasteiger partial charge in [0.1, 0.15) is 0 Å². The van der Waals surface area contributed by atoms with Crippen LogP contribution in [0.15, 0.2) is 48.5 Å². The molecule has 2 aromatic carbocycles. The molecule has 5 nitrogen and oxygen atoms in total. The molecule has 0 aliphatic carbocycles. The van der Waals surface area contributed by atoms with Crippen molar-refractivity contribution in [3.8, 4) is 0 Å². The molecule has 1 fully saturated rings. The van der Waals surface area contributed by atoms with Crippen molar-refractivity contribution >= 4 is 23.2 Å². The zero-order chi connectivity index (χ0) is 20.1. The van der Waals surface area contributed by atoms with Gasteiger partial charge in [0.25, 0.3) is 5.91 Å². The molecule has 0 spiro atoms. The van der Waals surface area contributed by atoms with Crippen LogP contribution in [0.4, 0.5) is 11.4 Å². The standard InChI is InChI=1S/C23H29N3O2/c1-4-19(17-10-6-5-7-11-17)22(27)24-18-12-13-21(25(2)3)20(16-18)23(28)26-14-8-9-15-26/h5-7,10-13,16,19H,4,8-9,14-15H2,1-3H3,(H,24,27). The number of rotatable bonds is 6. The molecule has 148 valence electrons. The van der Waals surface area contributed by atoms with Crippen molar-refractivity contribution in [3.63, 3.8) is 0 Å². The Morgan fingerprint density at radius 1 is 1.07 bits per heavy atom. The highest BCUT2D eigenvalue weighted by Crippen LogP contribution is 2.27. The first-order valence-electron chi connectivity index (χ1n) is 9.97. The van der Waals surface area contributed by atoms with Crippen molar-refractivity contribution < 1.29 is 9.59 Å². The molecule has 0 aromatic heterocycles. The van der Waals surface area contributed by atoms with Crippen LogP contribution in [0.2, 0.25) is 0 Å². The Balaban J connectivity index is 1.84. The van der Waals surface area contributed by atoms with E-state index in [1.54, 1.807) is 0 Å². The van der Waals surface area contributed by atoms with Gasteiger partial charge in [-0.2, -0.15) is 0 Å². The normalized spacial score (nSPS) is 14.6. The summed E-state index contributed by atoms with van der Waals surface area (Å²) in [7, 11) is 3.85. The molecule has 0 saturated carbocycles. The van der Waals surface area contributed by atoms with Gasteiger partial charge in [-0.3, -0.25) is 9.59 Å². The molecule has 5 heteroatoms. The van der Waals surface area contributed by atoms with Gasteiger partial charge < -0.3 is 15.1 Å². The summed E-state index contributed by atoms with van der Waals surface area (Å²) >= 11 is 0. The van der Waals surface area contributed by atoms with E-state index in [0.717, 1.165) is 37.2 Å². The van der Waals surface area contributed by atoms with Gasteiger partial charge in [0.2, 0.25) is 5.91 Å². The van der Waals surface area contributed by atoms with Crippen LogP contribution >= 0.6 is 0 Å². The van der Waals surface area contributed by atoms with Gasteiger partial charge in [-0.05, 0) is 43.0 Å². The molecular formula is C23H29N3O2. The summed E-state index contributed by atoms with van der Waals surface area (Å²) in [5.74, 6) is -0.231. The summed E-state index contributed by atoms with van der Waals surface area (Å²) in [4.78, 5) is 29.7. The van der Waals surface area contributed by atoms with Crippen LogP contribution in [0.5, 0.6) is 0 Å². The molecule has 28 heavy (non-hydrogen) atoms. The topological polar surface area (TPSA) is 52.7 Å². The molecule has 1 N–H and O–H groups in total. The maximum Gasteiger partial charge on any atom is 0.256 e. The third-order valence-electron chi connectivity index (χ3n) is 5.30. The van der Waals surface area contributed by atoms with E-state index >= 15 is 0 Å². The van der Waals surface area contributed by atoms with Crippen LogP contribution in [0.25, 0.3) is 0 Å². The largest absolute Gasteiger partial charge is 0.377 e. The molecule has 0 radical (unpaired) electrons. The van der Waals surface area contributed by atoms with Crippen LogP contribution in [-0.2, 0) is 4.79 Å². The Hall–Kier alpha value is -2.82. The van der Waals surface area contributed by atoms with E-state index in [1.807, 2.05) is 79.3 Å². The molecule has 1 heterocycles. The van der Waals surface area contributed by atoms with Gasteiger partial charge in [-0.15, -0.1) is 0 Å². The third kappa shape index (κ3) is 4.35. The van der Waals surface area contributed by atoms with Crippen LogP contribution in [0.3, 0.4) is 0 Å². The Morgan fingerprint density at radius 3 is 2.36 bits per heavy atom. The highest BCUT2D eigenvalue weighted by molar-refractivity contribution is 6.03. The molecule has 1 aliphatic heterocycles. The third-order valence-corrected chi connectivity index (χ3v) is 5.30. The fourth-order valence-corrected chi connectivity index (χ4v) is 3.75. The molecule has 1 unspecified atom stereocenters. The Kier molecular flexibility index (Phi) is 6.34. The fraction of sp³-hybridized carbons (Fsp3) is 0.391. The van der Waals surface area contributed by atoms with Crippen LogP contribution in [0, 0.1) is 0 Å². The number of anilines is 2. The number of nitrogens with zero attached hydrogens (tertiary/aromatic N) is 2. The summed E-state index contributed by atoms with van der Waals surface area (Å²) in [6, 6.07) is 15.4. The van der Waals surface area contributed by atoms with Gasteiger partial charge in [0, 0.05) is 38.6 Å². The highest BCUT2D eigenvalue weighted by atomic mass is 16.2. The van der Waals surface area contributed by atoms with E-state index in [1.165, 1.54) is 0 Å². The van der Waals surface area contributed by atoms with Crippen molar-refractivity contribution in [1.29, 1.82) is 0 Å². The maximum absolute atomic E-state index is 13.0. The summed E-state index contributed by atoms with van der Waals surface area (Å²) in [6.07, 6.45) is 2.81. The van der Waals surface area contributed by atoms with Crippen LogP contribution < -0.4 is 10.2 Å². The van der Waals surface area contributed by atoms with E-state index in [2.05, 4.69) is 5.32 Å². The van der Waals surface area contributed by atoms with E-state index in [-0.39, 0.29) is 17.7 Å². The number of benzene rings is 2. The number of hydrogen-bond acceptors (Lipinski definition) is 3. The molecular weight excluding hydrogens is 350 g/mol. The Morgan fingerprint density at radius 2 is 1.75 bits per heavy atom. The first-order chi connectivity index (χ1) is 13.5. The SMILES string of the molecule is CCC(C(=O)Nc1ccc(N(C)C)c(C(=O)N2CCCC2)c1)c1ccccc1.